The second kappa shape index (κ2) is 8.00. The Balaban J connectivity index is 1.13. The Hall–Kier alpha value is -1.65. The Kier molecular flexibility index (Phi) is 5.25. The normalized spacial score (nSPS) is 35.0. The van der Waals surface area contributed by atoms with E-state index in [1.807, 2.05) is 0 Å². The van der Waals surface area contributed by atoms with Crippen LogP contribution in [0, 0.1) is 29.6 Å². The smallest absolute Gasteiger partial charge is 0.226 e. The number of carbonyl (C=O) groups excluding carboxylic acids is 1. The first-order valence-electron chi connectivity index (χ1n) is 11.3. The van der Waals surface area contributed by atoms with Crippen molar-refractivity contribution in [1.29, 1.82) is 0 Å². The van der Waals surface area contributed by atoms with Crippen LogP contribution in [0.4, 0.5) is 0 Å². The van der Waals surface area contributed by atoms with E-state index in [1.54, 1.807) is 0 Å². The molecular weight excluding hydrogens is 346 g/mol. The third-order valence-electron chi connectivity index (χ3n) is 7.74. The number of nitrogens with one attached hydrogen (secondary N) is 2. The van der Waals surface area contributed by atoms with Gasteiger partial charge in [0, 0.05) is 31.6 Å². The molecule has 3 fully saturated rings. The molecule has 4 heteroatoms. The highest BCUT2D eigenvalue weighted by atomic mass is 16.2. The van der Waals surface area contributed by atoms with Crippen LogP contribution in [-0.4, -0.2) is 36.5 Å². The minimum atomic E-state index is 0.274. The number of nitrogens with zero attached hydrogens (tertiary/aromatic N) is 1. The number of carbonyl (C=O) groups is 1. The summed E-state index contributed by atoms with van der Waals surface area (Å²) in [7, 11) is 0. The van der Waals surface area contributed by atoms with Gasteiger partial charge in [-0.05, 0) is 67.8 Å². The van der Waals surface area contributed by atoms with Gasteiger partial charge in [-0.1, -0.05) is 42.5 Å². The maximum absolute atomic E-state index is 13.0. The molecule has 2 N–H and O–H groups in total. The fraction of sp³-hybridized carbons (Fsp3) is 0.625. The summed E-state index contributed by atoms with van der Waals surface area (Å²) in [6, 6.07) is 11.4. The lowest BCUT2D eigenvalue weighted by Crippen LogP contribution is -2.48. The molecule has 2 bridgehead atoms. The summed E-state index contributed by atoms with van der Waals surface area (Å²) >= 11 is 0. The van der Waals surface area contributed by atoms with Crippen LogP contribution in [0.2, 0.25) is 0 Å². The summed E-state index contributed by atoms with van der Waals surface area (Å²) in [5.74, 6) is 3.28. The molecule has 1 saturated carbocycles. The molecule has 5 rings (SSSR count). The highest BCUT2D eigenvalue weighted by Gasteiger charge is 2.43. The zero-order valence-corrected chi connectivity index (χ0v) is 16.7. The molecule has 1 amide bonds. The summed E-state index contributed by atoms with van der Waals surface area (Å²) in [6.07, 6.45) is 11.6. The van der Waals surface area contributed by atoms with Gasteiger partial charge in [-0.2, -0.15) is 0 Å². The van der Waals surface area contributed by atoms with E-state index in [1.165, 1.54) is 18.4 Å². The van der Waals surface area contributed by atoms with Gasteiger partial charge in [-0.15, -0.1) is 0 Å². The van der Waals surface area contributed by atoms with E-state index >= 15 is 0 Å². The highest BCUT2D eigenvalue weighted by molar-refractivity contribution is 5.80. The molecule has 1 aromatic carbocycles. The predicted molar refractivity (Wildman–Crippen MR) is 111 cm³/mol. The molecule has 2 unspecified atom stereocenters. The van der Waals surface area contributed by atoms with Crippen LogP contribution < -0.4 is 10.9 Å². The summed E-state index contributed by atoms with van der Waals surface area (Å²) in [5, 5.41) is 0. The minimum absolute atomic E-state index is 0.274. The third-order valence-corrected chi connectivity index (χ3v) is 7.74. The van der Waals surface area contributed by atoms with Crippen LogP contribution in [0.25, 0.3) is 0 Å². The number of piperidine rings is 1. The Morgan fingerprint density at radius 3 is 2.61 bits per heavy atom. The second-order valence-corrected chi connectivity index (χ2v) is 9.38. The zero-order valence-electron chi connectivity index (χ0n) is 16.7. The first kappa shape index (κ1) is 18.4. The van der Waals surface area contributed by atoms with Gasteiger partial charge in [-0.3, -0.25) is 15.6 Å². The molecule has 5 atom stereocenters. The van der Waals surface area contributed by atoms with Crippen LogP contribution in [-0.2, 0) is 11.2 Å². The molecule has 0 aromatic heterocycles. The first-order chi connectivity index (χ1) is 13.8. The number of amides is 1. The number of hydrazine groups is 1. The summed E-state index contributed by atoms with van der Waals surface area (Å²) in [5.41, 5.74) is 8.42. The molecule has 2 aliphatic heterocycles. The molecule has 28 heavy (non-hydrogen) atoms. The van der Waals surface area contributed by atoms with Crippen molar-refractivity contribution in [3.05, 3.63) is 48.0 Å². The Labute approximate surface area is 168 Å². The predicted octanol–water partition coefficient (Wildman–Crippen LogP) is 3.16. The quantitative estimate of drug-likeness (QED) is 0.773. The van der Waals surface area contributed by atoms with E-state index in [2.05, 4.69) is 58.2 Å². The number of hydrogen-bond acceptors (Lipinski definition) is 3. The molecule has 150 valence electrons. The van der Waals surface area contributed by atoms with E-state index in [0.717, 1.165) is 45.3 Å². The molecule has 1 aromatic rings. The van der Waals surface area contributed by atoms with Gasteiger partial charge in [-0.25, -0.2) is 0 Å². The standard InChI is InChI=1S/C24H33N3O/c28-24(22-15-18-7-8-20(22)14-18)27-12-10-19(11-13-27)23-21(16-25-26-23)9-6-17-4-2-1-3-5-17/h1-5,7-8,18-23,25-26H,6,9-16H2/t18-,20+,21?,22+,23?/m0/s1. The van der Waals surface area contributed by atoms with Crippen molar-refractivity contribution in [2.45, 2.75) is 44.6 Å². The molecule has 0 spiro atoms. The summed E-state index contributed by atoms with van der Waals surface area (Å²) < 4.78 is 0. The topological polar surface area (TPSA) is 44.4 Å². The lowest BCUT2D eigenvalue weighted by atomic mass is 9.80. The average Bonchev–Trinajstić information content (AvgIpc) is 3.49. The third kappa shape index (κ3) is 3.65. The molecular formula is C24H33N3O. The Bertz CT molecular complexity index is 710. The number of benzene rings is 1. The van der Waals surface area contributed by atoms with Crippen LogP contribution in [0.3, 0.4) is 0 Å². The molecule has 2 saturated heterocycles. The number of hydrogen-bond donors (Lipinski definition) is 2. The molecule has 4 nitrogen and oxygen atoms in total. The van der Waals surface area contributed by atoms with Crippen LogP contribution >= 0.6 is 0 Å². The van der Waals surface area contributed by atoms with E-state index in [-0.39, 0.29) is 5.92 Å². The van der Waals surface area contributed by atoms with Crippen molar-refractivity contribution in [3.8, 4) is 0 Å². The molecule has 2 aliphatic carbocycles. The van der Waals surface area contributed by atoms with Crippen molar-refractivity contribution >= 4 is 5.91 Å². The first-order valence-corrected chi connectivity index (χ1v) is 11.3. The SMILES string of the molecule is O=C([C@@H]1C[C@H]2C=C[C@@H]1C2)N1CCC(C2NNCC2CCc2ccccc2)CC1. The van der Waals surface area contributed by atoms with E-state index in [9.17, 15) is 4.79 Å². The minimum Gasteiger partial charge on any atom is -0.342 e. The summed E-state index contributed by atoms with van der Waals surface area (Å²) in [6.45, 7) is 2.96. The van der Waals surface area contributed by atoms with Crippen molar-refractivity contribution in [2.24, 2.45) is 29.6 Å². The molecule has 0 radical (unpaired) electrons. The van der Waals surface area contributed by atoms with Gasteiger partial charge >= 0.3 is 0 Å². The molecule has 4 aliphatic rings. The number of rotatable bonds is 5. The maximum Gasteiger partial charge on any atom is 0.226 e. The van der Waals surface area contributed by atoms with Gasteiger partial charge in [0.1, 0.15) is 0 Å². The Morgan fingerprint density at radius 2 is 1.89 bits per heavy atom. The van der Waals surface area contributed by atoms with Crippen LogP contribution in [0.15, 0.2) is 42.5 Å². The summed E-state index contributed by atoms with van der Waals surface area (Å²) in [4.78, 5) is 15.2. The Morgan fingerprint density at radius 1 is 1.07 bits per heavy atom. The average molecular weight is 380 g/mol. The van der Waals surface area contributed by atoms with Crippen molar-refractivity contribution < 1.29 is 4.79 Å². The van der Waals surface area contributed by atoms with E-state index in [0.29, 0.717) is 35.6 Å². The number of fused-ring (bicyclic) bond motifs is 2. The maximum atomic E-state index is 13.0. The van der Waals surface area contributed by atoms with Crippen molar-refractivity contribution in [3.63, 3.8) is 0 Å². The van der Waals surface area contributed by atoms with Gasteiger partial charge < -0.3 is 4.90 Å². The largest absolute Gasteiger partial charge is 0.342 e. The van der Waals surface area contributed by atoms with E-state index < -0.39 is 0 Å². The van der Waals surface area contributed by atoms with Crippen molar-refractivity contribution in [1.82, 2.24) is 15.8 Å². The van der Waals surface area contributed by atoms with Gasteiger partial charge in [0.05, 0.1) is 0 Å². The van der Waals surface area contributed by atoms with Gasteiger partial charge in [0.25, 0.3) is 0 Å². The monoisotopic (exact) mass is 379 g/mol. The second-order valence-electron chi connectivity index (χ2n) is 9.38. The number of allylic oxidation sites excluding steroid dienone is 2. The lowest BCUT2D eigenvalue weighted by Gasteiger charge is -2.38. The fourth-order valence-corrected chi connectivity index (χ4v) is 6.11. The lowest BCUT2D eigenvalue weighted by molar-refractivity contribution is -0.138. The fourth-order valence-electron chi connectivity index (χ4n) is 6.11. The van der Waals surface area contributed by atoms with E-state index in [4.69, 9.17) is 0 Å². The van der Waals surface area contributed by atoms with Crippen LogP contribution in [0.1, 0.15) is 37.7 Å². The molecule has 2 heterocycles. The number of aryl methyl sites for hydroxylation is 1. The van der Waals surface area contributed by atoms with Gasteiger partial charge in [0.15, 0.2) is 0 Å². The van der Waals surface area contributed by atoms with Gasteiger partial charge in [0.2, 0.25) is 5.91 Å². The number of likely N-dealkylation sites (tertiary alicyclic amines) is 1. The van der Waals surface area contributed by atoms with Crippen LogP contribution in [0.5, 0.6) is 0 Å². The highest BCUT2D eigenvalue weighted by Crippen LogP contribution is 2.44. The van der Waals surface area contributed by atoms with Crippen molar-refractivity contribution in [2.75, 3.05) is 19.6 Å². The zero-order chi connectivity index (χ0) is 18.9.